The van der Waals surface area contributed by atoms with Crippen molar-refractivity contribution in [3.63, 3.8) is 0 Å². The van der Waals surface area contributed by atoms with Crippen molar-refractivity contribution in [1.82, 2.24) is 6.15 Å². The van der Waals surface area contributed by atoms with E-state index in [4.69, 9.17) is 0 Å². The first kappa shape index (κ1) is 49.1. The first-order chi connectivity index (χ1) is 0. The van der Waals surface area contributed by atoms with Gasteiger partial charge in [-0.15, -0.1) is 0 Å². The summed E-state index contributed by atoms with van der Waals surface area (Å²) in [6.45, 7) is 0. The monoisotopic (exact) mass is 232 g/mol. The predicted molar refractivity (Wildman–Crippen MR) is 5.98 cm³/mol. The van der Waals surface area contributed by atoms with Gasteiger partial charge in [-0.1, -0.05) is 0 Å². The Hall–Kier alpha value is 1.51. The second kappa shape index (κ2) is 24.3. The van der Waals surface area contributed by atoms with Crippen LogP contribution in [0.1, 0.15) is 0 Å². The van der Waals surface area contributed by atoms with Crippen molar-refractivity contribution >= 4 is 0 Å². The van der Waals surface area contributed by atoms with Crippen LogP contribution in [0.4, 0.5) is 0 Å². The fraction of sp³-hybridized carbons (Fsp3) is 0. The summed E-state index contributed by atoms with van der Waals surface area (Å²) >= 11 is 0. The van der Waals surface area contributed by atoms with Crippen molar-refractivity contribution in [2.24, 2.45) is 0 Å². The molecule has 0 saturated carbocycles. The molecule has 0 rings (SSSR count). The first-order valence-corrected chi connectivity index (χ1v) is 0. The molecule has 4 heteroatoms. The molecular formula is H4ClCrIN. The van der Waals surface area contributed by atoms with Crippen LogP contribution >= 0.6 is 0 Å². The number of rotatable bonds is 0. The van der Waals surface area contributed by atoms with Gasteiger partial charge in [-0.05, 0) is 0 Å². The SMILES string of the molecule is [Cl-].[Cr+].[I-].[NH4+]. The number of halogens is 2. The molecule has 0 aliphatic carbocycles. The molecule has 0 atom stereocenters. The van der Waals surface area contributed by atoms with Crippen LogP contribution in [0.25, 0.3) is 0 Å². The third kappa shape index (κ3) is 9.69. The van der Waals surface area contributed by atoms with E-state index in [0.717, 1.165) is 0 Å². The molecule has 1 radical (unpaired) electrons. The molecule has 4 heavy (non-hydrogen) atoms. The Morgan fingerprint density at radius 2 is 1.00 bits per heavy atom. The van der Waals surface area contributed by atoms with E-state index < -0.39 is 0 Å². The summed E-state index contributed by atoms with van der Waals surface area (Å²) in [5, 5.41) is 0. The van der Waals surface area contributed by atoms with Gasteiger partial charge in [0, 0.05) is 0 Å². The fourth-order valence-corrected chi connectivity index (χ4v) is 0. The van der Waals surface area contributed by atoms with Gasteiger partial charge in [0.15, 0.2) is 0 Å². The van der Waals surface area contributed by atoms with Gasteiger partial charge in [-0.2, -0.15) is 0 Å². The minimum absolute atomic E-state index is 0. The fourth-order valence-electron chi connectivity index (χ4n) is 0. The van der Waals surface area contributed by atoms with E-state index in [9.17, 15) is 0 Å². The average Bonchev–Trinajstić information content (AvgIpc) is 0. The maximum atomic E-state index is 0. The van der Waals surface area contributed by atoms with E-state index in [1.807, 2.05) is 0 Å². The van der Waals surface area contributed by atoms with E-state index in [0.29, 0.717) is 0 Å². The molecule has 0 fully saturated rings. The second-order valence-electron chi connectivity index (χ2n) is 0. The van der Waals surface area contributed by atoms with Crippen molar-refractivity contribution in [2.75, 3.05) is 0 Å². The molecule has 29 valence electrons. The van der Waals surface area contributed by atoms with Crippen LogP contribution in [0, 0.1) is 0 Å². The predicted octanol–water partition coefficient (Wildman–Crippen LogP) is -5.62. The summed E-state index contributed by atoms with van der Waals surface area (Å²) in [6, 6.07) is 0. The summed E-state index contributed by atoms with van der Waals surface area (Å²) in [5.41, 5.74) is 0. The van der Waals surface area contributed by atoms with Crippen LogP contribution in [0.5, 0.6) is 0 Å². The molecule has 0 spiro atoms. The maximum absolute atomic E-state index is 0. The molecule has 4 N–H and O–H groups in total. The van der Waals surface area contributed by atoms with E-state index in [2.05, 4.69) is 0 Å². The van der Waals surface area contributed by atoms with Gasteiger partial charge in [0.1, 0.15) is 0 Å². The summed E-state index contributed by atoms with van der Waals surface area (Å²) in [5.74, 6) is 0. The standard InChI is InChI=1S/ClH.Cr.HI.H3N/h1H;;1H;1H3/q;+1;;/p-1. The largest absolute Gasteiger partial charge is 1.00 e. The number of hydrogen-bond acceptors (Lipinski definition) is 0. The summed E-state index contributed by atoms with van der Waals surface area (Å²) < 4.78 is 0. The van der Waals surface area contributed by atoms with Crippen LogP contribution < -0.4 is 42.5 Å². The smallest absolute Gasteiger partial charge is 1.00 e. The molecule has 0 amide bonds. The van der Waals surface area contributed by atoms with E-state index >= 15 is 0 Å². The molecule has 1 nitrogen and oxygen atoms in total. The molecule has 0 aromatic heterocycles. The topological polar surface area (TPSA) is 36.5 Å². The third-order valence-corrected chi connectivity index (χ3v) is 0. The first-order valence-electron chi connectivity index (χ1n) is 0. The molecular weight excluding hydrogens is 228 g/mol. The molecule has 0 saturated heterocycles. The summed E-state index contributed by atoms with van der Waals surface area (Å²) in [7, 11) is 0. The maximum Gasteiger partial charge on any atom is 1.00 e. The third-order valence-electron chi connectivity index (χ3n) is 0. The van der Waals surface area contributed by atoms with Gasteiger partial charge in [0.2, 0.25) is 0 Å². The molecule has 0 heterocycles. The van der Waals surface area contributed by atoms with Crippen LogP contribution in [-0.4, -0.2) is 0 Å². The van der Waals surface area contributed by atoms with Crippen LogP contribution in [-0.2, 0) is 17.4 Å². The van der Waals surface area contributed by atoms with Crippen LogP contribution in [0.3, 0.4) is 0 Å². The molecule has 0 aliphatic rings. The Bertz CT molecular complexity index is 8.00. The van der Waals surface area contributed by atoms with Gasteiger partial charge >= 0.3 is 17.4 Å². The van der Waals surface area contributed by atoms with Crippen LogP contribution in [0.15, 0.2) is 0 Å². The zero-order chi connectivity index (χ0) is 0. The Kier molecular flexibility index (Phi) is 299. The molecule has 0 aromatic carbocycles. The van der Waals surface area contributed by atoms with E-state index in [1.165, 1.54) is 0 Å². The van der Waals surface area contributed by atoms with Crippen molar-refractivity contribution in [1.29, 1.82) is 0 Å². The number of quaternary nitrogens is 1. The van der Waals surface area contributed by atoms with Crippen molar-refractivity contribution in [3.8, 4) is 0 Å². The van der Waals surface area contributed by atoms with Gasteiger partial charge in [0.05, 0.1) is 0 Å². The minimum Gasteiger partial charge on any atom is -1.00 e. The zero-order valence-electron chi connectivity index (χ0n) is 2.16. The minimum atomic E-state index is 0. The Morgan fingerprint density at radius 3 is 1.00 bits per heavy atom. The van der Waals surface area contributed by atoms with Gasteiger partial charge < -0.3 is 42.5 Å². The van der Waals surface area contributed by atoms with Crippen molar-refractivity contribution < 1.29 is 53.7 Å². The van der Waals surface area contributed by atoms with E-state index in [-0.39, 0.29) is 59.9 Å². The molecule has 0 bridgehead atoms. The van der Waals surface area contributed by atoms with Crippen molar-refractivity contribution in [2.45, 2.75) is 0 Å². The quantitative estimate of drug-likeness (QED) is 0.405. The molecule has 0 unspecified atom stereocenters. The normalized spacial score (nSPS) is 0. The summed E-state index contributed by atoms with van der Waals surface area (Å²) in [6.07, 6.45) is 0. The Balaban J connectivity index is 0. The zero-order valence-corrected chi connectivity index (χ0v) is 6.35. The average molecular weight is 232 g/mol. The van der Waals surface area contributed by atoms with Crippen LogP contribution in [0.2, 0.25) is 0 Å². The van der Waals surface area contributed by atoms with Gasteiger partial charge in [0.25, 0.3) is 0 Å². The molecule has 0 aromatic rings. The molecule has 0 aliphatic heterocycles. The van der Waals surface area contributed by atoms with Crippen molar-refractivity contribution in [3.05, 3.63) is 0 Å². The number of hydrogen-bond donors (Lipinski definition) is 1. The second-order valence-corrected chi connectivity index (χ2v) is 0. The Labute approximate surface area is 59.7 Å². The van der Waals surface area contributed by atoms with E-state index in [1.54, 1.807) is 0 Å². The Morgan fingerprint density at radius 1 is 1.00 bits per heavy atom. The van der Waals surface area contributed by atoms with Gasteiger partial charge in [-0.3, -0.25) is 0 Å². The van der Waals surface area contributed by atoms with Gasteiger partial charge in [-0.25, -0.2) is 0 Å². The summed E-state index contributed by atoms with van der Waals surface area (Å²) in [4.78, 5) is 0.